The number of nitrogens with zero attached hydrogens (tertiary/aromatic N) is 2. The molecular weight excluding hydrogens is 318 g/mol. The van der Waals surface area contributed by atoms with Gasteiger partial charge < -0.3 is 24.4 Å². The third-order valence-corrected chi connectivity index (χ3v) is 4.18. The Hall–Kier alpha value is -1.95. The zero-order valence-corrected chi connectivity index (χ0v) is 15.9. The smallest absolute Gasteiger partial charge is 0.194 e. The van der Waals surface area contributed by atoms with Gasteiger partial charge in [-0.25, -0.2) is 4.99 Å². The van der Waals surface area contributed by atoms with Gasteiger partial charge in [-0.15, -0.1) is 0 Å². The predicted octanol–water partition coefficient (Wildman–Crippen LogP) is 2.53. The summed E-state index contributed by atoms with van der Waals surface area (Å²) in [4.78, 5) is 6.83. The lowest BCUT2D eigenvalue weighted by Crippen LogP contribution is -2.40. The van der Waals surface area contributed by atoms with E-state index in [1.165, 1.54) is 12.8 Å². The highest BCUT2D eigenvalue weighted by atomic mass is 16.5. The summed E-state index contributed by atoms with van der Waals surface area (Å²) in [5.41, 5.74) is 1.08. The molecule has 6 heteroatoms. The summed E-state index contributed by atoms with van der Waals surface area (Å²) in [5.74, 6) is 3.14. The van der Waals surface area contributed by atoms with Crippen LogP contribution in [0.3, 0.4) is 0 Å². The number of likely N-dealkylation sites (N-methyl/N-ethyl adjacent to an activating group) is 1. The highest BCUT2D eigenvalue weighted by Crippen LogP contribution is 2.29. The van der Waals surface area contributed by atoms with Crippen molar-refractivity contribution in [2.24, 2.45) is 10.9 Å². The molecule has 1 aliphatic carbocycles. The number of methoxy groups -OCH3 is 2. The minimum Gasteiger partial charge on any atom is -0.493 e. The van der Waals surface area contributed by atoms with Crippen molar-refractivity contribution in [3.8, 4) is 11.5 Å². The topological polar surface area (TPSA) is 55.3 Å². The van der Waals surface area contributed by atoms with Crippen LogP contribution in [-0.2, 0) is 11.3 Å². The molecule has 0 saturated heterocycles. The fourth-order valence-electron chi connectivity index (χ4n) is 2.46. The molecule has 2 rings (SSSR count). The molecule has 0 unspecified atom stereocenters. The van der Waals surface area contributed by atoms with Crippen LogP contribution in [0.15, 0.2) is 23.2 Å². The Balaban J connectivity index is 1.90. The minimum absolute atomic E-state index is 0.579. The van der Waals surface area contributed by atoms with E-state index in [1.54, 1.807) is 14.2 Å². The monoisotopic (exact) mass is 349 g/mol. The number of hydrogen-bond acceptors (Lipinski definition) is 4. The molecule has 0 heterocycles. The molecule has 1 N–H and O–H groups in total. The van der Waals surface area contributed by atoms with Crippen LogP contribution in [0.2, 0.25) is 0 Å². The molecule has 140 valence electrons. The molecule has 1 aromatic carbocycles. The first-order chi connectivity index (χ1) is 12.2. The van der Waals surface area contributed by atoms with Crippen molar-refractivity contribution in [3.63, 3.8) is 0 Å². The van der Waals surface area contributed by atoms with Crippen molar-refractivity contribution in [2.45, 2.75) is 26.3 Å². The summed E-state index contributed by atoms with van der Waals surface area (Å²) in [6.45, 7) is 5.93. The van der Waals surface area contributed by atoms with E-state index in [2.05, 4.69) is 17.1 Å². The summed E-state index contributed by atoms with van der Waals surface area (Å²) in [5, 5.41) is 3.33. The fraction of sp³-hybridized carbons (Fsp3) is 0.632. The Morgan fingerprint density at radius 3 is 2.64 bits per heavy atom. The van der Waals surface area contributed by atoms with E-state index in [4.69, 9.17) is 19.2 Å². The average molecular weight is 349 g/mol. The lowest BCUT2D eigenvalue weighted by molar-refractivity contribution is 0.115. The lowest BCUT2D eigenvalue weighted by atomic mass is 10.2. The number of benzene rings is 1. The molecule has 1 fully saturated rings. The van der Waals surface area contributed by atoms with Crippen LogP contribution in [0.1, 0.15) is 25.3 Å². The minimum atomic E-state index is 0.579. The van der Waals surface area contributed by atoms with Gasteiger partial charge in [0.05, 0.1) is 27.4 Å². The Labute approximate surface area is 151 Å². The Morgan fingerprint density at radius 1 is 1.24 bits per heavy atom. The van der Waals surface area contributed by atoms with Crippen LogP contribution < -0.4 is 14.8 Å². The van der Waals surface area contributed by atoms with Crippen molar-refractivity contribution in [3.05, 3.63) is 23.8 Å². The molecule has 1 aliphatic rings. The molecular formula is C19H31N3O3. The van der Waals surface area contributed by atoms with E-state index < -0.39 is 0 Å². The van der Waals surface area contributed by atoms with E-state index in [-0.39, 0.29) is 0 Å². The number of nitrogens with one attached hydrogen (secondary N) is 1. The van der Waals surface area contributed by atoms with Crippen LogP contribution in [0.4, 0.5) is 0 Å². The maximum absolute atomic E-state index is 5.72. The van der Waals surface area contributed by atoms with Gasteiger partial charge in [-0.3, -0.25) is 0 Å². The zero-order valence-electron chi connectivity index (χ0n) is 15.9. The first-order valence-electron chi connectivity index (χ1n) is 8.96. The largest absolute Gasteiger partial charge is 0.493 e. The molecule has 0 spiro atoms. The number of hydrogen-bond donors (Lipinski definition) is 1. The normalized spacial score (nSPS) is 14.3. The van der Waals surface area contributed by atoms with E-state index in [9.17, 15) is 0 Å². The first kappa shape index (κ1) is 19.4. The molecule has 0 atom stereocenters. The van der Waals surface area contributed by atoms with Gasteiger partial charge in [-0.05, 0) is 43.4 Å². The number of ether oxygens (including phenoxy) is 3. The van der Waals surface area contributed by atoms with Gasteiger partial charge in [0, 0.05) is 26.7 Å². The highest BCUT2D eigenvalue weighted by Gasteiger charge is 2.21. The summed E-state index contributed by atoms with van der Waals surface area (Å²) in [7, 11) is 5.32. The second-order valence-electron chi connectivity index (χ2n) is 6.30. The second kappa shape index (κ2) is 10.1. The van der Waals surface area contributed by atoms with Crippen molar-refractivity contribution < 1.29 is 14.2 Å². The Morgan fingerprint density at radius 2 is 2.00 bits per heavy atom. The standard InChI is InChI=1S/C19H31N3O3/c1-5-20-19(22(2)10-11-25-14-15-6-7-15)21-13-16-8-9-17(23-3)18(12-16)24-4/h8-9,12,15H,5-7,10-11,13-14H2,1-4H3,(H,20,21). The molecule has 1 aromatic rings. The SMILES string of the molecule is CCNC(=NCc1ccc(OC)c(OC)c1)N(C)CCOCC1CC1. The van der Waals surface area contributed by atoms with Gasteiger partial charge in [-0.1, -0.05) is 6.07 Å². The zero-order chi connectivity index (χ0) is 18.1. The number of guanidine groups is 1. The summed E-state index contributed by atoms with van der Waals surface area (Å²) >= 11 is 0. The van der Waals surface area contributed by atoms with Crippen LogP contribution >= 0.6 is 0 Å². The Bertz CT molecular complexity index is 559. The highest BCUT2D eigenvalue weighted by molar-refractivity contribution is 5.79. The van der Waals surface area contributed by atoms with Crippen molar-refractivity contribution in [1.82, 2.24) is 10.2 Å². The van der Waals surface area contributed by atoms with E-state index in [0.717, 1.165) is 55.2 Å². The second-order valence-corrected chi connectivity index (χ2v) is 6.30. The maximum atomic E-state index is 5.72. The molecule has 0 amide bonds. The quantitative estimate of drug-likeness (QED) is 0.400. The van der Waals surface area contributed by atoms with Crippen LogP contribution in [0.5, 0.6) is 11.5 Å². The van der Waals surface area contributed by atoms with Crippen LogP contribution in [-0.4, -0.2) is 58.4 Å². The summed E-state index contributed by atoms with van der Waals surface area (Å²) < 4.78 is 16.3. The van der Waals surface area contributed by atoms with Crippen molar-refractivity contribution in [1.29, 1.82) is 0 Å². The van der Waals surface area contributed by atoms with Gasteiger partial charge in [0.25, 0.3) is 0 Å². The predicted molar refractivity (Wildman–Crippen MR) is 101 cm³/mol. The van der Waals surface area contributed by atoms with Gasteiger partial charge in [-0.2, -0.15) is 0 Å². The molecule has 25 heavy (non-hydrogen) atoms. The maximum Gasteiger partial charge on any atom is 0.194 e. The molecule has 1 saturated carbocycles. The van der Waals surface area contributed by atoms with Gasteiger partial charge in [0.2, 0.25) is 0 Å². The third-order valence-electron chi connectivity index (χ3n) is 4.18. The summed E-state index contributed by atoms with van der Waals surface area (Å²) in [6.07, 6.45) is 2.65. The average Bonchev–Trinajstić information content (AvgIpc) is 3.46. The van der Waals surface area contributed by atoms with Gasteiger partial charge in [0.15, 0.2) is 17.5 Å². The van der Waals surface area contributed by atoms with E-state index in [1.807, 2.05) is 25.2 Å². The lowest BCUT2D eigenvalue weighted by Gasteiger charge is -2.22. The van der Waals surface area contributed by atoms with E-state index >= 15 is 0 Å². The fourth-order valence-corrected chi connectivity index (χ4v) is 2.46. The van der Waals surface area contributed by atoms with Crippen molar-refractivity contribution in [2.75, 3.05) is 47.6 Å². The molecule has 6 nitrogen and oxygen atoms in total. The molecule has 0 aromatic heterocycles. The van der Waals surface area contributed by atoms with Crippen LogP contribution in [0.25, 0.3) is 0 Å². The molecule has 0 radical (unpaired) electrons. The summed E-state index contributed by atoms with van der Waals surface area (Å²) in [6, 6.07) is 5.88. The number of rotatable bonds is 10. The van der Waals surface area contributed by atoms with E-state index in [0.29, 0.717) is 6.54 Å². The molecule has 0 aliphatic heterocycles. The van der Waals surface area contributed by atoms with Gasteiger partial charge in [0.1, 0.15) is 0 Å². The van der Waals surface area contributed by atoms with Gasteiger partial charge >= 0.3 is 0 Å². The van der Waals surface area contributed by atoms with Crippen LogP contribution in [0, 0.1) is 5.92 Å². The number of aliphatic imine (C=N–C) groups is 1. The molecule has 0 bridgehead atoms. The van der Waals surface area contributed by atoms with Crippen molar-refractivity contribution >= 4 is 5.96 Å². The third kappa shape index (κ3) is 6.46. The first-order valence-corrected chi connectivity index (χ1v) is 8.96. The Kier molecular flexibility index (Phi) is 7.85.